The fourth-order valence-electron chi connectivity index (χ4n) is 4.90. The number of likely N-dealkylation sites (N-methyl/N-ethyl adjacent to an activating group) is 1. The van der Waals surface area contributed by atoms with Crippen LogP contribution in [-0.2, 0) is 20.8 Å². The Balaban J connectivity index is 1.63. The van der Waals surface area contributed by atoms with E-state index in [1.807, 2.05) is 18.2 Å². The number of aliphatic hydroxyl groups is 1. The van der Waals surface area contributed by atoms with E-state index in [0.717, 1.165) is 44.9 Å². The van der Waals surface area contributed by atoms with E-state index in [2.05, 4.69) is 33.4 Å². The van der Waals surface area contributed by atoms with Crippen LogP contribution in [0.1, 0.15) is 56.9 Å². The van der Waals surface area contributed by atoms with Crippen molar-refractivity contribution >= 4 is 17.7 Å². The molecule has 5 N–H and O–H groups in total. The van der Waals surface area contributed by atoms with Crippen molar-refractivity contribution in [1.29, 1.82) is 0 Å². The number of rotatable bonds is 10. The standard InChI is InChI=1S/C25H38N4O4/c1-26-23(31)20(14-8-11-17-9-4-2-5-10-17)28-25(33)22(18-12-6-3-7-13-18)29-24(32)21-15-19(30)16-27-21/h2,4-5,9-10,18-22,27,30H,3,6-8,11-16H2,1H3,(H,26,31)(H,28,33)(H,29,32)/t19-,20-,21+,22-/m1/s1. The summed E-state index contributed by atoms with van der Waals surface area (Å²) >= 11 is 0. The first kappa shape index (κ1) is 25.2. The van der Waals surface area contributed by atoms with Crippen molar-refractivity contribution in [1.82, 2.24) is 21.3 Å². The second-order valence-corrected chi connectivity index (χ2v) is 9.29. The van der Waals surface area contributed by atoms with Gasteiger partial charge in [0, 0.05) is 13.6 Å². The summed E-state index contributed by atoms with van der Waals surface area (Å²) in [5.74, 6) is -0.755. The molecular weight excluding hydrogens is 420 g/mol. The molecule has 1 saturated carbocycles. The Kier molecular flexibility index (Phi) is 9.69. The highest BCUT2D eigenvalue weighted by Gasteiger charge is 2.36. The Labute approximate surface area is 196 Å². The molecule has 3 rings (SSSR count). The third-order valence-electron chi connectivity index (χ3n) is 6.81. The normalized spacial score (nSPS) is 22.8. The molecule has 8 nitrogen and oxygen atoms in total. The van der Waals surface area contributed by atoms with Crippen molar-refractivity contribution in [2.24, 2.45) is 5.92 Å². The molecule has 0 aromatic heterocycles. The number of hydrogen-bond acceptors (Lipinski definition) is 5. The Hall–Kier alpha value is -2.45. The third kappa shape index (κ3) is 7.54. The largest absolute Gasteiger partial charge is 0.392 e. The average Bonchev–Trinajstić information content (AvgIpc) is 3.28. The summed E-state index contributed by atoms with van der Waals surface area (Å²) in [5, 5.41) is 21.3. The maximum atomic E-state index is 13.3. The second kappa shape index (κ2) is 12.7. The predicted molar refractivity (Wildman–Crippen MR) is 126 cm³/mol. The van der Waals surface area contributed by atoms with Gasteiger partial charge in [0.25, 0.3) is 0 Å². The smallest absolute Gasteiger partial charge is 0.243 e. The van der Waals surface area contributed by atoms with Crippen molar-refractivity contribution in [2.45, 2.75) is 82.0 Å². The number of nitrogens with one attached hydrogen (secondary N) is 4. The van der Waals surface area contributed by atoms with Crippen LogP contribution in [0.5, 0.6) is 0 Å². The molecule has 1 heterocycles. The van der Waals surface area contributed by atoms with Gasteiger partial charge in [0.2, 0.25) is 17.7 Å². The van der Waals surface area contributed by atoms with Crippen molar-refractivity contribution in [2.75, 3.05) is 13.6 Å². The second-order valence-electron chi connectivity index (χ2n) is 9.29. The molecule has 0 bridgehead atoms. The number of carbonyl (C=O) groups excluding carboxylic acids is 3. The lowest BCUT2D eigenvalue weighted by molar-refractivity contribution is -0.134. The Bertz CT molecular complexity index is 782. The van der Waals surface area contributed by atoms with Gasteiger partial charge in [0.15, 0.2) is 0 Å². The van der Waals surface area contributed by atoms with Gasteiger partial charge in [-0.15, -0.1) is 0 Å². The van der Waals surface area contributed by atoms with Crippen LogP contribution in [0, 0.1) is 5.92 Å². The molecule has 1 aromatic rings. The van der Waals surface area contributed by atoms with E-state index >= 15 is 0 Å². The first-order valence-corrected chi connectivity index (χ1v) is 12.3. The molecule has 0 radical (unpaired) electrons. The van der Waals surface area contributed by atoms with Crippen LogP contribution in [0.3, 0.4) is 0 Å². The Morgan fingerprint density at radius 2 is 1.79 bits per heavy atom. The fourth-order valence-corrected chi connectivity index (χ4v) is 4.90. The summed E-state index contributed by atoms with van der Waals surface area (Å²) in [6.07, 6.45) is 6.82. The van der Waals surface area contributed by atoms with Crippen LogP contribution in [0.2, 0.25) is 0 Å². The topological polar surface area (TPSA) is 120 Å². The molecule has 1 aliphatic carbocycles. The SMILES string of the molecule is CNC(=O)[C@@H](CCCc1ccccc1)NC(=O)[C@H](NC(=O)[C@@H]1C[C@@H](O)CN1)C1CCCCC1. The van der Waals surface area contributed by atoms with E-state index in [1.54, 1.807) is 7.05 Å². The van der Waals surface area contributed by atoms with E-state index in [0.29, 0.717) is 19.4 Å². The number of aliphatic hydroxyl groups excluding tert-OH is 1. The van der Waals surface area contributed by atoms with Gasteiger partial charge in [-0.2, -0.15) is 0 Å². The lowest BCUT2D eigenvalue weighted by Crippen LogP contribution is -2.58. The highest BCUT2D eigenvalue weighted by atomic mass is 16.3. The van der Waals surface area contributed by atoms with Crippen LogP contribution < -0.4 is 21.3 Å². The molecule has 33 heavy (non-hydrogen) atoms. The van der Waals surface area contributed by atoms with E-state index < -0.39 is 24.2 Å². The molecule has 1 aromatic carbocycles. The monoisotopic (exact) mass is 458 g/mol. The van der Waals surface area contributed by atoms with Gasteiger partial charge in [-0.05, 0) is 50.0 Å². The van der Waals surface area contributed by atoms with Crippen molar-refractivity contribution < 1.29 is 19.5 Å². The quantitative estimate of drug-likeness (QED) is 0.359. The van der Waals surface area contributed by atoms with Gasteiger partial charge in [-0.3, -0.25) is 14.4 Å². The van der Waals surface area contributed by atoms with Crippen molar-refractivity contribution in [3.8, 4) is 0 Å². The number of aryl methyl sites for hydroxylation is 1. The zero-order valence-corrected chi connectivity index (χ0v) is 19.5. The molecule has 4 atom stereocenters. The summed E-state index contributed by atoms with van der Waals surface area (Å²) in [4.78, 5) is 38.7. The maximum absolute atomic E-state index is 13.3. The van der Waals surface area contributed by atoms with Crippen LogP contribution in [0.25, 0.3) is 0 Å². The molecule has 2 aliphatic rings. The van der Waals surface area contributed by atoms with Gasteiger partial charge < -0.3 is 26.4 Å². The highest BCUT2D eigenvalue weighted by molar-refractivity contribution is 5.93. The summed E-state index contributed by atoms with van der Waals surface area (Å²) in [7, 11) is 1.57. The van der Waals surface area contributed by atoms with Gasteiger partial charge in [-0.25, -0.2) is 0 Å². The molecular formula is C25H38N4O4. The van der Waals surface area contributed by atoms with Gasteiger partial charge >= 0.3 is 0 Å². The summed E-state index contributed by atoms with van der Waals surface area (Å²) in [6, 6.07) is 8.22. The maximum Gasteiger partial charge on any atom is 0.243 e. The third-order valence-corrected chi connectivity index (χ3v) is 6.81. The van der Waals surface area contributed by atoms with Crippen LogP contribution in [-0.4, -0.2) is 60.6 Å². The molecule has 3 amide bonds. The highest BCUT2D eigenvalue weighted by Crippen LogP contribution is 2.27. The minimum absolute atomic E-state index is 0.0451. The van der Waals surface area contributed by atoms with Gasteiger partial charge in [0.1, 0.15) is 12.1 Å². The zero-order chi connectivity index (χ0) is 23.6. The molecule has 2 fully saturated rings. The zero-order valence-electron chi connectivity index (χ0n) is 19.5. The Morgan fingerprint density at radius 3 is 2.42 bits per heavy atom. The molecule has 0 spiro atoms. The number of benzene rings is 1. The van der Waals surface area contributed by atoms with Gasteiger partial charge in [-0.1, -0.05) is 49.6 Å². The summed E-state index contributed by atoms with van der Waals surface area (Å²) in [6.45, 7) is 0.374. The van der Waals surface area contributed by atoms with Crippen molar-refractivity contribution in [3.63, 3.8) is 0 Å². The lowest BCUT2D eigenvalue weighted by Gasteiger charge is -2.32. The van der Waals surface area contributed by atoms with E-state index in [-0.39, 0.29) is 23.6 Å². The first-order valence-electron chi connectivity index (χ1n) is 12.3. The molecule has 182 valence electrons. The lowest BCUT2D eigenvalue weighted by atomic mass is 9.83. The van der Waals surface area contributed by atoms with Crippen LogP contribution in [0.15, 0.2) is 30.3 Å². The minimum Gasteiger partial charge on any atom is -0.392 e. The Morgan fingerprint density at radius 1 is 1.06 bits per heavy atom. The molecule has 0 unspecified atom stereocenters. The first-order chi connectivity index (χ1) is 16.0. The molecule has 1 aliphatic heterocycles. The van der Waals surface area contributed by atoms with Crippen LogP contribution in [0.4, 0.5) is 0 Å². The van der Waals surface area contributed by atoms with Crippen LogP contribution >= 0.6 is 0 Å². The van der Waals surface area contributed by atoms with E-state index in [4.69, 9.17) is 0 Å². The number of β-amino-alcohol motifs (C(OH)–C–C–N with tert-alkyl or cyclic N) is 1. The fraction of sp³-hybridized carbons (Fsp3) is 0.640. The number of amides is 3. The van der Waals surface area contributed by atoms with E-state index in [1.165, 1.54) is 5.56 Å². The predicted octanol–water partition coefficient (Wildman–Crippen LogP) is 1.03. The minimum atomic E-state index is -0.682. The average molecular weight is 459 g/mol. The van der Waals surface area contributed by atoms with E-state index in [9.17, 15) is 19.5 Å². The molecule has 1 saturated heterocycles. The van der Waals surface area contributed by atoms with Crippen molar-refractivity contribution in [3.05, 3.63) is 35.9 Å². The summed E-state index contributed by atoms with van der Waals surface area (Å²) < 4.78 is 0. The number of hydrogen-bond donors (Lipinski definition) is 5. The van der Waals surface area contributed by atoms with Gasteiger partial charge in [0.05, 0.1) is 12.1 Å². The summed E-state index contributed by atoms with van der Waals surface area (Å²) in [5.41, 5.74) is 1.19. The number of carbonyl (C=O) groups is 3. The molecule has 8 heteroatoms.